The number of aromatic nitrogens is 1. The Morgan fingerprint density at radius 1 is 0.917 bits per heavy atom. The van der Waals surface area contributed by atoms with Crippen LogP contribution in [0.5, 0.6) is 5.75 Å². The number of halogens is 1. The molecule has 0 aliphatic carbocycles. The Bertz CT molecular complexity index is 1330. The summed E-state index contributed by atoms with van der Waals surface area (Å²) in [7, 11) is 0. The Morgan fingerprint density at radius 2 is 1.53 bits per heavy atom. The van der Waals surface area contributed by atoms with Crippen LogP contribution >= 0.6 is 0 Å². The summed E-state index contributed by atoms with van der Waals surface area (Å²) in [5.41, 5.74) is 4.05. The zero-order chi connectivity index (χ0) is 25.7. The Labute approximate surface area is 208 Å². The van der Waals surface area contributed by atoms with Crippen molar-refractivity contribution in [2.24, 2.45) is 0 Å². The van der Waals surface area contributed by atoms with Gasteiger partial charge in [0, 0.05) is 16.8 Å². The van der Waals surface area contributed by atoms with Gasteiger partial charge in [-0.3, -0.25) is 9.59 Å². The van der Waals surface area contributed by atoms with Crippen molar-refractivity contribution in [3.8, 4) is 5.75 Å². The van der Waals surface area contributed by atoms with Gasteiger partial charge >= 0.3 is 0 Å². The highest BCUT2D eigenvalue weighted by Gasteiger charge is 2.13. The summed E-state index contributed by atoms with van der Waals surface area (Å²) in [5, 5.41) is 9.65. The average Bonchev–Trinajstić information content (AvgIpc) is 3.20. The minimum absolute atomic E-state index is 0.214. The zero-order valence-corrected chi connectivity index (χ0v) is 20.2. The number of hydrogen-bond acceptors (Lipinski definition) is 5. The van der Waals surface area contributed by atoms with Crippen LogP contribution in [0, 0.1) is 19.7 Å². The van der Waals surface area contributed by atoms with E-state index in [0.717, 1.165) is 22.6 Å². The van der Waals surface area contributed by atoms with Gasteiger partial charge in [-0.1, -0.05) is 17.3 Å². The Balaban J connectivity index is 1.30. The first kappa shape index (κ1) is 24.7. The van der Waals surface area contributed by atoms with E-state index in [1.807, 2.05) is 32.9 Å². The van der Waals surface area contributed by atoms with Gasteiger partial charge in [0.15, 0.2) is 0 Å². The number of carbonyl (C=O) groups is 2. The van der Waals surface area contributed by atoms with Crippen molar-refractivity contribution >= 4 is 17.5 Å². The number of aryl methyl sites for hydroxylation is 2. The molecule has 0 aliphatic heterocycles. The van der Waals surface area contributed by atoms with Gasteiger partial charge in [-0.2, -0.15) is 0 Å². The first-order chi connectivity index (χ1) is 17.3. The molecule has 1 aromatic heterocycles. The molecular weight excluding hydrogens is 461 g/mol. The fraction of sp³-hybridized carbons (Fsp3) is 0.179. The van der Waals surface area contributed by atoms with Crippen molar-refractivity contribution in [1.82, 2.24) is 10.5 Å². The second-order valence-electron chi connectivity index (χ2n) is 8.39. The predicted molar refractivity (Wildman–Crippen MR) is 133 cm³/mol. The number of nitrogens with one attached hydrogen (secondary N) is 2. The molecule has 4 rings (SSSR count). The standard InChI is InChI=1S/C28H26FN3O4/c1-17(20-6-12-24(13-7-20)31-28(34)21-4-10-23(29)11-5-21)30-27(33)22-8-14-25(15-9-22)35-16-26-18(2)32-36-19(26)3/h4-15,17H,16H2,1-3H3,(H,30,33)(H,31,34). The van der Waals surface area contributed by atoms with Crippen molar-refractivity contribution in [2.75, 3.05) is 5.32 Å². The second-order valence-corrected chi connectivity index (χ2v) is 8.39. The lowest BCUT2D eigenvalue weighted by Gasteiger charge is -2.15. The van der Waals surface area contributed by atoms with Crippen LogP contribution in [0.1, 0.15) is 56.3 Å². The second kappa shape index (κ2) is 10.9. The lowest BCUT2D eigenvalue weighted by molar-refractivity contribution is 0.0939. The molecule has 0 fully saturated rings. The van der Waals surface area contributed by atoms with Gasteiger partial charge in [-0.25, -0.2) is 4.39 Å². The lowest BCUT2D eigenvalue weighted by Crippen LogP contribution is -2.26. The highest BCUT2D eigenvalue weighted by atomic mass is 19.1. The van der Waals surface area contributed by atoms with Crippen LogP contribution in [0.3, 0.4) is 0 Å². The van der Waals surface area contributed by atoms with Gasteiger partial charge in [0.1, 0.15) is 23.9 Å². The lowest BCUT2D eigenvalue weighted by atomic mass is 10.1. The van der Waals surface area contributed by atoms with Crippen LogP contribution in [-0.2, 0) is 6.61 Å². The van der Waals surface area contributed by atoms with E-state index in [1.54, 1.807) is 36.4 Å². The first-order valence-electron chi connectivity index (χ1n) is 11.4. The van der Waals surface area contributed by atoms with Crippen molar-refractivity contribution < 1.29 is 23.2 Å². The molecule has 4 aromatic rings. The van der Waals surface area contributed by atoms with Crippen LogP contribution in [0.4, 0.5) is 10.1 Å². The molecular formula is C28H26FN3O4. The summed E-state index contributed by atoms with van der Waals surface area (Å²) in [4.78, 5) is 25.0. The number of ether oxygens (including phenoxy) is 1. The maximum atomic E-state index is 13.0. The van der Waals surface area contributed by atoms with Crippen molar-refractivity contribution in [3.63, 3.8) is 0 Å². The van der Waals surface area contributed by atoms with Crippen molar-refractivity contribution in [2.45, 2.75) is 33.4 Å². The van der Waals surface area contributed by atoms with E-state index in [-0.39, 0.29) is 17.9 Å². The Hall–Kier alpha value is -4.46. The monoisotopic (exact) mass is 487 g/mol. The summed E-state index contributed by atoms with van der Waals surface area (Å²) >= 11 is 0. The molecule has 0 radical (unpaired) electrons. The maximum Gasteiger partial charge on any atom is 0.255 e. The largest absolute Gasteiger partial charge is 0.489 e. The van der Waals surface area contributed by atoms with Gasteiger partial charge in [0.2, 0.25) is 0 Å². The number of hydrogen-bond donors (Lipinski definition) is 2. The molecule has 0 aliphatic rings. The molecule has 2 N–H and O–H groups in total. The molecule has 0 saturated carbocycles. The summed E-state index contributed by atoms with van der Waals surface area (Å²) in [5.74, 6) is 0.417. The van der Waals surface area contributed by atoms with Gasteiger partial charge in [-0.15, -0.1) is 0 Å². The van der Waals surface area contributed by atoms with Crippen LogP contribution in [0.25, 0.3) is 0 Å². The molecule has 1 heterocycles. The van der Waals surface area contributed by atoms with E-state index in [4.69, 9.17) is 9.26 Å². The summed E-state index contributed by atoms with van der Waals surface area (Å²) in [6.07, 6.45) is 0. The molecule has 0 spiro atoms. The third-order valence-corrected chi connectivity index (χ3v) is 5.80. The van der Waals surface area contributed by atoms with E-state index in [1.165, 1.54) is 24.3 Å². The molecule has 1 unspecified atom stereocenters. The van der Waals surface area contributed by atoms with Gasteiger partial charge in [0.05, 0.1) is 17.3 Å². The number of carbonyl (C=O) groups excluding carboxylic acids is 2. The molecule has 184 valence electrons. The third-order valence-electron chi connectivity index (χ3n) is 5.80. The smallest absolute Gasteiger partial charge is 0.255 e. The van der Waals surface area contributed by atoms with Crippen LogP contribution in [-0.4, -0.2) is 17.0 Å². The quantitative estimate of drug-likeness (QED) is 0.330. The Morgan fingerprint density at radius 3 is 2.14 bits per heavy atom. The molecule has 1 atom stereocenters. The highest BCUT2D eigenvalue weighted by Crippen LogP contribution is 2.20. The molecule has 7 nitrogen and oxygen atoms in total. The predicted octanol–water partition coefficient (Wildman–Crippen LogP) is 5.75. The van der Waals surface area contributed by atoms with Gasteiger partial charge < -0.3 is 19.9 Å². The van der Waals surface area contributed by atoms with Crippen molar-refractivity contribution in [1.29, 1.82) is 0 Å². The molecule has 36 heavy (non-hydrogen) atoms. The molecule has 8 heteroatoms. The molecule has 0 bridgehead atoms. The summed E-state index contributed by atoms with van der Waals surface area (Å²) < 4.78 is 24.0. The van der Waals surface area contributed by atoms with Gasteiger partial charge in [0.25, 0.3) is 11.8 Å². The highest BCUT2D eigenvalue weighted by molar-refractivity contribution is 6.04. The normalized spacial score (nSPS) is 11.6. The fourth-order valence-corrected chi connectivity index (χ4v) is 3.59. The first-order valence-corrected chi connectivity index (χ1v) is 11.4. The molecule has 0 saturated heterocycles. The zero-order valence-electron chi connectivity index (χ0n) is 20.2. The Kier molecular flexibility index (Phi) is 7.44. The van der Waals surface area contributed by atoms with Gasteiger partial charge in [-0.05, 0) is 87.0 Å². The fourth-order valence-electron chi connectivity index (χ4n) is 3.59. The number of benzene rings is 3. The summed E-state index contributed by atoms with van der Waals surface area (Å²) in [6.45, 7) is 5.92. The van der Waals surface area contributed by atoms with E-state index >= 15 is 0 Å². The molecule has 3 aromatic carbocycles. The van der Waals surface area contributed by atoms with E-state index in [9.17, 15) is 14.0 Å². The molecule has 2 amide bonds. The third kappa shape index (κ3) is 5.96. The topological polar surface area (TPSA) is 93.5 Å². The number of amides is 2. The van der Waals surface area contributed by atoms with Crippen LogP contribution in [0.2, 0.25) is 0 Å². The maximum absolute atomic E-state index is 13.0. The van der Waals surface area contributed by atoms with E-state index < -0.39 is 5.82 Å². The minimum atomic E-state index is -0.399. The SMILES string of the molecule is Cc1noc(C)c1COc1ccc(C(=O)NC(C)c2ccc(NC(=O)c3ccc(F)cc3)cc2)cc1. The summed E-state index contributed by atoms with van der Waals surface area (Å²) in [6, 6.07) is 19.2. The number of anilines is 1. The minimum Gasteiger partial charge on any atom is -0.489 e. The van der Waals surface area contributed by atoms with Crippen molar-refractivity contribution in [3.05, 3.63) is 112 Å². The van der Waals surface area contributed by atoms with Crippen LogP contribution in [0.15, 0.2) is 77.3 Å². The van der Waals surface area contributed by atoms with E-state index in [0.29, 0.717) is 29.2 Å². The average molecular weight is 488 g/mol. The van der Waals surface area contributed by atoms with E-state index in [2.05, 4.69) is 15.8 Å². The number of rotatable bonds is 8. The number of nitrogens with zero attached hydrogens (tertiary/aromatic N) is 1. The van der Waals surface area contributed by atoms with Crippen LogP contribution < -0.4 is 15.4 Å².